The molecule has 0 bridgehead atoms. The molecule has 0 aliphatic carbocycles. The first-order valence-corrected chi connectivity index (χ1v) is 9.48. The maximum absolute atomic E-state index is 12.5. The number of nitrogens with one attached hydrogen (secondary N) is 1. The molecular weight excluding hydrogens is 354 g/mol. The van der Waals surface area contributed by atoms with Crippen LogP contribution in [0.5, 0.6) is 17.2 Å². The number of piperidine rings is 1. The molecule has 0 saturated carbocycles. The van der Waals surface area contributed by atoms with E-state index in [1.54, 1.807) is 26.5 Å². The molecule has 1 aliphatic rings. The van der Waals surface area contributed by atoms with Crippen LogP contribution in [0.4, 0.5) is 11.4 Å². The minimum Gasteiger partial charge on any atom is -0.493 e. The number of benzene rings is 2. The molecule has 6 heteroatoms. The summed E-state index contributed by atoms with van der Waals surface area (Å²) in [6.07, 6.45) is 3.62. The van der Waals surface area contributed by atoms with Gasteiger partial charge in [0.25, 0.3) is 0 Å². The molecule has 2 aromatic carbocycles. The first-order chi connectivity index (χ1) is 13.7. The Labute approximate surface area is 164 Å². The molecule has 1 N–H and O–H groups in total. The van der Waals surface area contributed by atoms with E-state index in [1.807, 2.05) is 36.4 Å². The van der Waals surface area contributed by atoms with Gasteiger partial charge in [-0.25, -0.2) is 0 Å². The molecule has 4 rings (SSSR count). The van der Waals surface area contributed by atoms with Gasteiger partial charge in [-0.2, -0.15) is 0 Å². The number of pyridine rings is 1. The predicted molar refractivity (Wildman–Crippen MR) is 110 cm³/mol. The summed E-state index contributed by atoms with van der Waals surface area (Å²) >= 11 is 0. The van der Waals surface area contributed by atoms with Crippen molar-refractivity contribution in [1.29, 1.82) is 0 Å². The molecule has 3 aromatic rings. The third-order valence-corrected chi connectivity index (χ3v) is 5.28. The third-order valence-electron chi connectivity index (χ3n) is 5.28. The second-order valence-corrected chi connectivity index (χ2v) is 6.96. The number of aromatic nitrogens is 1. The molecule has 1 saturated heterocycles. The van der Waals surface area contributed by atoms with Crippen LogP contribution < -0.4 is 19.7 Å². The molecule has 28 heavy (non-hydrogen) atoms. The minimum atomic E-state index is 0.0568. The second-order valence-electron chi connectivity index (χ2n) is 6.96. The van der Waals surface area contributed by atoms with Gasteiger partial charge in [-0.1, -0.05) is 12.1 Å². The Balaban J connectivity index is 1.46. The van der Waals surface area contributed by atoms with Crippen molar-refractivity contribution in [3.05, 3.63) is 48.7 Å². The van der Waals surface area contributed by atoms with E-state index < -0.39 is 0 Å². The molecule has 1 fully saturated rings. The van der Waals surface area contributed by atoms with E-state index in [0.717, 1.165) is 54.0 Å². The van der Waals surface area contributed by atoms with Gasteiger partial charge < -0.3 is 19.7 Å². The SMILES string of the molecule is COc1cccc(NC2CCN(c3cc4ncccc4cc3[O])CC2)c1OC. The first kappa shape index (κ1) is 18.2. The maximum Gasteiger partial charge on any atom is 0.202 e. The quantitative estimate of drug-likeness (QED) is 0.709. The monoisotopic (exact) mass is 378 g/mol. The number of hydrogen-bond donors (Lipinski definition) is 1. The van der Waals surface area contributed by atoms with Crippen LogP contribution in [-0.4, -0.2) is 38.3 Å². The first-order valence-electron chi connectivity index (χ1n) is 9.48. The van der Waals surface area contributed by atoms with Crippen molar-refractivity contribution in [3.63, 3.8) is 0 Å². The fraction of sp³-hybridized carbons (Fsp3) is 0.318. The van der Waals surface area contributed by atoms with E-state index in [4.69, 9.17) is 9.47 Å². The minimum absolute atomic E-state index is 0.0568. The van der Waals surface area contributed by atoms with Crippen molar-refractivity contribution in [3.8, 4) is 17.2 Å². The summed E-state index contributed by atoms with van der Waals surface area (Å²) in [5.41, 5.74) is 2.53. The zero-order valence-corrected chi connectivity index (χ0v) is 16.1. The number of nitrogens with zero attached hydrogens (tertiary/aromatic N) is 2. The van der Waals surface area contributed by atoms with Gasteiger partial charge in [0.1, 0.15) is 0 Å². The summed E-state index contributed by atoms with van der Waals surface area (Å²) < 4.78 is 10.9. The lowest BCUT2D eigenvalue weighted by Gasteiger charge is -2.34. The lowest BCUT2D eigenvalue weighted by atomic mass is 10.0. The molecule has 1 radical (unpaired) electrons. The van der Waals surface area contributed by atoms with Crippen LogP contribution in [0.2, 0.25) is 0 Å². The van der Waals surface area contributed by atoms with Crippen molar-refractivity contribution >= 4 is 22.3 Å². The lowest BCUT2D eigenvalue weighted by molar-refractivity contribution is 0.353. The Morgan fingerprint density at radius 1 is 1.07 bits per heavy atom. The topological polar surface area (TPSA) is 66.5 Å². The smallest absolute Gasteiger partial charge is 0.202 e. The number of hydrogen-bond acceptors (Lipinski definition) is 5. The largest absolute Gasteiger partial charge is 0.493 e. The van der Waals surface area contributed by atoms with E-state index in [-0.39, 0.29) is 5.75 Å². The van der Waals surface area contributed by atoms with Crippen LogP contribution in [0, 0.1) is 0 Å². The highest BCUT2D eigenvalue weighted by Gasteiger charge is 2.23. The summed E-state index contributed by atoms with van der Waals surface area (Å²) in [6, 6.07) is 13.5. The summed E-state index contributed by atoms with van der Waals surface area (Å²) in [7, 11) is 3.29. The number of para-hydroxylation sites is 1. The Hall–Kier alpha value is -3.15. The van der Waals surface area contributed by atoms with Crippen molar-refractivity contribution in [2.75, 3.05) is 37.5 Å². The van der Waals surface area contributed by atoms with Crippen LogP contribution in [-0.2, 0) is 5.11 Å². The zero-order chi connectivity index (χ0) is 19.5. The van der Waals surface area contributed by atoms with Crippen molar-refractivity contribution in [1.82, 2.24) is 4.98 Å². The molecule has 1 aliphatic heterocycles. The van der Waals surface area contributed by atoms with E-state index in [0.29, 0.717) is 11.8 Å². The van der Waals surface area contributed by atoms with Crippen LogP contribution >= 0.6 is 0 Å². The highest BCUT2D eigenvalue weighted by atomic mass is 16.5. The zero-order valence-electron chi connectivity index (χ0n) is 16.1. The fourth-order valence-electron chi connectivity index (χ4n) is 3.82. The van der Waals surface area contributed by atoms with Gasteiger partial charge in [-0.05, 0) is 43.2 Å². The maximum atomic E-state index is 12.5. The van der Waals surface area contributed by atoms with Gasteiger partial charge in [0.2, 0.25) is 5.75 Å². The lowest BCUT2D eigenvalue weighted by Crippen LogP contribution is -2.39. The standard InChI is InChI=1S/C22H24N3O3/c1-27-21-7-3-6-17(22(21)28-2)24-16-8-11-25(12-9-16)19-14-18-15(13-20(19)26)5-4-10-23-18/h3-7,10,13-14,16,24H,8-9,11-12H2,1-2H3. The molecule has 2 heterocycles. The number of ether oxygens (including phenoxy) is 2. The average molecular weight is 378 g/mol. The number of methoxy groups -OCH3 is 2. The summed E-state index contributed by atoms with van der Waals surface area (Å²) in [6.45, 7) is 1.63. The summed E-state index contributed by atoms with van der Waals surface area (Å²) in [5, 5.41) is 17.0. The van der Waals surface area contributed by atoms with Gasteiger partial charge in [-0.15, -0.1) is 0 Å². The Bertz CT molecular complexity index is 968. The van der Waals surface area contributed by atoms with Gasteiger partial charge in [0.15, 0.2) is 11.5 Å². The highest BCUT2D eigenvalue weighted by Crippen LogP contribution is 2.37. The molecular formula is C22H24N3O3. The normalized spacial score (nSPS) is 14.9. The van der Waals surface area contributed by atoms with E-state index in [1.165, 1.54) is 0 Å². The molecule has 1 aromatic heterocycles. The predicted octanol–water partition coefficient (Wildman–Crippen LogP) is 4.48. The molecule has 0 unspecified atom stereocenters. The fourth-order valence-corrected chi connectivity index (χ4v) is 3.82. The van der Waals surface area contributed by atoms with Crippen LogP contribution in [0.15, 0.2) is 48.7 Å². The van der Waals surface area contributed by atoms with Crippen molar-refractivity contribution < 1.29 is 14.6 Å². The van der Waals surface area contributed by atoms with Gasteiger partial charge in [0.05, 0.1) is 31.1 Å². The number of rotatable bonds is 5. The van der Waals surface area contributed by atoms with E-state index in [9.17, 15) is 5.11 Å². The molecule has 145 valence electrons. The van der Waals surface area contributed by atoms with E-state index in [2.05, 4.69) is 15.2 Å². The third kappa shape index (κ3) is 3.50. The van der Waals surface area contributed by atoms with Crippen molar-refractivity contribution in [2.45, 2.75) is 18.9 Å². The summed E-state index contributed by atoms with van der Waals surface area (Å²) in [5.74, 6) is 1.49. The number of anilines is 2. The Morgan fingerprint density at radius 3 is 2.64 bits per heavy atom. The average Bonchev–Trinajstić information content (AvgIpc) is 2.73. The van der Waals surface area contributed by atoms with Crippen LogP contribution in [0.3, 0.4) is 0 Å². The number of fused-ring (bicyclic) bond motifs is 1. The van der Waals surface area contributed by atoms with Gasteiger partial charge in [0, 0.05) is 30.7 Å². The van der Waals surface area contributed by atoms with Gasteiger partial charge >= 0.3 is 0 Å². The molecule has 0 spiro atoms. The Kier molecular flexibility index (Phi) is 5.10. The Morgan fingerprint density at radius 2 is 1.89 bits per heavy atom. The highest BCUT2D eigenvalue weighted by molar-refractivity contribution is 5.85. The second kappa shape index (κ2) is 7.84. The van der Waals surface area contributed by atoms with Gasteiger partial charge in [-0.3, -0.25) is 10.1 Å². The molecule has 0 amide bonds. The van der Waals surface area contributed by atoms with Crippen molar-refractivity contribution in [2.24, 2.45) is 0 Å². The van der Waals surface area contributed by atoms with Crippen LogP contribution in [0.1, 0.15) is 12.8 Å². The molecule has 6 nitrogen and oxygen atoms in total. The molecule has 0 atom stereocenters. The van der Waals surface area contributed by atoms with E-state index >= 15 is 0 Å². The summed E-state index contributed by atoms with van der Waals surface area (Å²) in [4.78, 5) is 6.54. The van der Waals surface area contributed by atoms with Crippen LogP contribution in [0.25, 0.3) is 10.9 Å².